The highest BCUT2D eigenvalue weighted by atomic mass is 32.1. The van der Waals surface area contributed by atoms with Crippen molar-refractivity contribution in [2.45, 2.75) is 51.6 Å². The Hall–Kier alpha value is -0.870. The van der Waals surface area contributed by atoms with Gasteiger partial charge >= 0.3 is 0 Å². The maximum atomic E-state index is 12.0. The Morgan fingerprint density at radius 3 is 2.72 bits per heavy atom. The topological polar surface area (TPSA) is 49.3 Å². The summed E-state index contributed by atoms with van der Waals surface area (Å²) in [4.78, 5) is 14.0. The van der Waals surface area contributed by atoms with Crippen LogP contribution in [0.25, 0.3) is 0 Å². The van der Waals surface area contributed by atoms with Crippen molar-refractivity contribution in [1.82, 2.24) is 5.32 Å². The number of carbonyl (C=O) groups is 1. The van der Waals surface area contributed by atoms with Crippen LogP contribution in [0.1, 0.15) is 52.7 Å². The van der Waals surface area contributed by atoms with Gasteiger partial charge in [0.25, 0.3) is 5.91 Å². The first kappa shape index (κ1) is 13.6. The van der Waals surface area contributed by atoms with Crippen LogP contribution < -0.4 is 5.32 Å². The van der Waals surface area contributed by atoms with Gasteiger partial charge in [0.15, 0.2) is 0 Å². The molecule has 2 N–H and O–H groups in total. The fourth-order valence-corrected chi connectivity index (χ4v) is 3.55. The second-order valence-corrected chi connectivity index (χ2v) is 6.32. The van der Waals surface area contributed by atoms with Crippen LogP contribution in [0.3, 0.4) is 0 Å². The van der Waals surface area contributed by atoms with E-state index in [0.717, 1.165) is 37.0 Å². The fraction of sp³-hybridized carbons (Fsp3) is 0.643. The van der Waals surface area contributed by atoms with E-state index < -0.39 is 5.60 Å². The summed E-state index contributed by atoms with van der Waals surface area (Å²) in [5, 5.41) is 13.0. The highest BCUT2D eigenvalue weighted by Crippen LogP contribution is 2.29. The number of nitrogens with one attached hydrogen (secondary N) is 1. The maximum Gasteiger partial charge on any atom is 0.261 e. The smallest absolute Gasteiger partial charge is 0.261 e. The molecule has 1 fully saturated rings. The molecule has 18 heavy (non-hydrogen) atoms. The number of amides is 1. The third-order valence-corrected chi connectivity index (χ3v) is 5.06. The predicted molar refractivity (Wildman–Crippen MR) is 74.2 cm³/mol. The van der Waals surface area contributed by atoms with Gasteiger partial charge in [0.05, 0.1) is 10.5 Å². The van der Waals surface area contributed by atoms with Crippen LogP contribution in [0.2, 0.25) is 0 Å². The van der Waals surface area contributed by atoms with E-state index in [2.05, 4.69) is 12.2 Å². The highest BCUT2D eigenvalue weighted by Gasteiger charge is 2.31. The van der Waals surface area contributed by atoms with Crippen LogP contribution >= 0.6 is 11.3 Å². The number of hydrogen-bond donors (Lipinski definition) is 2. The van der Waals surface area contributed by atoms with Crippen LogP contribution in [-0.2, 0) is 6.42 Å². The molecule has 1 aliphatic rings. The van der Waals surface area contributed by atoms with Crippen molar-refractivity contribution in [3.63, 3.8) is 0 Å². The Morgan fingerprint density at radius 2 is 2.17 bits per heavy atom. The van der Waals surface area contributed by atoms with Crippen LogP contribution in [0.4, 0.5) is 0 Å². The quantitative estimate of drug-likeness (QED) is 0.881. The molecular weight excluding hydrogens is 246 g/mol. The molecule has 0 aromatic carbocycles. The zero-order chi connectivity index (χ0) is 13.2. The van der Waals surface area contributed by atoms with Crippen molar-refractivity contribution < 1.29 is 9.90 Å². The summed E-state index contributed by atoms with van der Waals surface area (Å²) in [7, 11) is 0. The summed E-state index contributed by atoms with van der Waals surface area (Å²) >= 11 is 1.56. The maximum absolute atomic E-state index is 12.0. The molecule has 1 aromatic heterocycles. The molecule has 0 saturated heterocycles. The largest absolute Gasteiger partial charge is 0.388 e. The van der Waals surface area contributed by atoms with E-state index in [9.17, 15) is 9.90 Å². The molecule has 0 atom stereocenters. The van der Waals surface area contributed by atoms with E-state index in [1.165, 1.54) is 10.4 Å². The van der Waals surface area contributed by atoms with Gasteiger partial charge in [-0.2, -0.15) is 0 Å². The van der Waals surface area contributed by atoms with E-state index >= 15 is 0 Å². The molecule has 3 nitrogen and oxygen atoms in total. The van der Waals surface area contributed by atoms with Crippen LogP contribution in [0, 0.1) is 6.92 Å². The van der Waals surface area contributed by atoms with E-state index in [1.807, 2.05) is 13.0 Å². The number of hydrogen-bond acceptors (Lipinski definition) is 3. The summed E-state index contributed by atoms with van der Waals surface area (Å²) in [5.41, 5.74) is 0.516. The van der Waals surface area contributed by atoms with Gasteiger partial charge < -0.3 is 10.4 Å². The lowest BCUT2D eigenvalue weighted by atomic mass is 10.0. The van der Waals surface area contributed by atoms with Gasteiger partial charge in [0, 0.05) is 11.4 Å². The molecule has 1 heterocycles. The van der Waals surface area contributed by atoms with Crippen molar-refractivity contribution in [2.24, 2.45) is 0 Å². The van der Waals surface area contributed by atoms with Gasteiger partial charge in [-0.25, -0.2) is 0 Å². The Balaban J connectivity index is 1.95. The average Bonchev–Trinajstić information content (AvgIpc) is 2.93. The molecule has 1 aliphatic carbocycles. The second-order valence-electron chi connectivity index (χ2n) is 5.18. The molecule has 0 aliphatic heterocycles. The fourth-order valence-electron chi connectivity index (χ4n) is 2.52. The molecule has 1 aromatic rings. The first-order valence-corrected chi connectivity index (χ1v) is 7.45. The Kier molecular flexibility index (Phi) is 4.07. The molecule has 0 spiro atoms. The molecule has 0 radical (unpaired) electrons. The van der Waals surface area contributed by atoms with E-state index in [-0.39, 0.29) is 5.91 Å². The molecule has 0 unspecified atom stereocenters. The predicted octanol–water partition coefficient (Wildman–Crippen LogP) is 2.65. The third kappa shape index (κ3) is 2.93. The lowest BCUT2D eigenvalue weighted by Gasteiger charge is -2.22. The number of thiophene rings is 1. The minimum Gasteiger partial charge on any atom is -0.388 e. The lowest BCUT2D eigenvalue weighted by molar-refractivity contribution is 0.0450. The highest BCUT2D eigenvalue weighted by molar-refractivity contribution is 7.14. The van der Waals surface area contributed by atoms with E-state index in [4.69, 9.17) is 0 Å². The van der Waals surface area contributed by atoms with Crippen LogP contribution in [0.15, 0.2) is 6.07 Å². The normalized spacial score (nSPS) is 17.9. The Morgan fingerprint density at radius 1 is 1.50 bits per heavy atom. The molecule has 1 amide bonds. The average molecular weight is 267 g/mol. The van der Waals surface area contributed by atoms with Gasteiger partial charge in [0.2, 0.25) is 0 Å². The molecule has 0 bridgehead atoms. The Labute approximate surface area is 112 Å². The van der Waals surface area contributed by atoms with Gasteiger partial charge in [0.1, 0.15) is 0 Å². The summed E-state index contributed by atoms with van der Waals surface area (Å²) in [5.74, 6) is -0.0527. The minimum absolute atomic E-state index is 0.0527. The molecule has 1 saturated carbocycles. The van der Waals surface area contributed by atoms with E-state index in [1.54, 1.807) is 11.3 Å². The lowest BCUT2D eigenvalue weighted by Crippen LogP contribution is -2.40. The zero-order valence-corrected chi connectivity index (χ0v) is 11.9. The summed E-state index contributed by atoms with van der Waals surface area (Å²) in [6, 6.07) is 1.94. The Bertz CT molecular complexity index is 433. The van der Waals surface area contributed by atoms with Gasteiger partial charge in [-0.15, -0.1) is 11.3 Å². The molecule has 2 rings (SSSR count). The first-order chi connectivity index (χ1) is 8.54. The molecule has 4 heteroatoms. The number of aliphatic hydroxyl groups is 1. The zero-order valence-electron chi connectivity index (χ0n) is 11.1. The number of rotatable bonds is 4. The van der Waals surface area contributed by atoms with Crippen molar-refractivity contribution >= 4 is 17.2 Å². The summed E-state index contributed by atoms with van der Waals surface area (Å²) in [6.45, 7) is 4.52. The number of aryl methyl sites for hydroxylation is 2. The molecular formula is C14H21NO2S. The molecule has 100 valence electrons. The second kappa shape index (κ2) is 5.41. The minimum atomic E-state index is -0.671. The van der Waals surface area contributed by atoms with Gasteiger partial charge in [-0.3, -0.25) is 4.79 Å². The van der Waals surface area contributed by atoms with Crippen LogP contribution in [-0.4, -0.2) is 23.2 Å². The standard InChI is InChI=1S/C14H21NO2S/c1-3-11-10(2)8-12(18-11)13(16)15-9-14(17)6-4-5-7-14/h8,17H,3-7,9H2,1-2H3,(H,15,16). The SMILES string of the molecule is CCc1sc(C(=O)NCC2(O)CCCC2)cc1C. The van der Waals surface area contributed by atoms with Crippen molar-refractivity contribution in [3.8, 4) is 0 Å². The van der Waals surface area contributed by atoms with Crippen molar-refractivity contribution in [1.29, 1.82) is 0 Å². The van der Waals surface area contributed by atoms with Crippen LogP contribution in [0.5, 0.6) is 0 Å². The summed E-state index contributed by atoms with van der Waals surface area (Å²) in [6.07, 6.45) is 4.69. The van der Waals surface area contributed by atoms with E-state index in [0.29, 0.717) is 6.54 Å². The van der Waals surface area contributed by atoms with Gasteiger partial charge in [-0.1, -0.05) is 19.8 Å². The monoisotopic (exact) mass is 267 g/mol. The summed E-state index contributed by atoms with van der Waals surface area (Å²) < 4.78 is 0. The van der Waals surface area contributed by atoms with Crippen molar-refractivity contribution in [2.75, 3.05) is 6.54 Å². The van der Waals surface area contributed by atoms with Crippen molar-refractivity contribution in [3.05, 3.63) is 21.4 Å². The first-order valence-electron chi connectivity index (χ1n) is 6.64. The number of carbonyl (C=O) groups excluding carboxylic acids is 1. The third-order valence-electron chi connectivity index (χ3n) is 3.68. The van der Waals surface area contributed by atoms with Gasteiger partial charge in [-0.05, 0) is 37.8 Å².